The molecule has 1 aromatic rings. The van der Waals surface area contributed by atoms with Gasteiger partial charge in [-0.3, -0.25) is 9.78 Å². The molecule has 0 bridgehead atoms. The van der Waals surface area contributed by atoms with Crippen molar-refractivity contribution in [2.75, 3.05) is 33.0 Å². The number of nitrogen functional groups attached to an aromatic ring is 1. The molecule has 17 heavy (non-hydrogen) atoms. The van der Waals surface area contributed by atoms with Crippen molar-refractivity contribution in [1.82, 2.24) is 9.88 Å². The number of carbonyl (C=O) groups is 1. The minimum absolute atomic E-state index is 0. The second-order valence-electron chi connectivity index (χ2n) is 3.57. The van der Waals surface area contributed by atoms with E-state index in [1.807, 2.05) is 0 Å². The van der Waals surface area contributed by atoms with Gasteiger partial charge in [-0.2, -0.15) is 0 Å². The van der Waals surface area contributed by atoms with Crippen molar-refractivity contribution in [3.63, 3.8) is 0 Å². The molecule has 0 aromatic carbocycles. The van der Waals surface area contributed by atoms with E-state index in [4.69, 9.17) is 10.5 Å². The number of pyridine rings is 1. The van der Waals surface area contributed by atoms with Crippen LogP contribution in [0.1, 0.15) is 5.69 Å². The highest BCUT2D eigenvalue weighted by atomic mass is 35.5. The van der Waals surface area contributed by atoms with Crippen LogP contribution in [0.25, 0.3) is 0 Å². The molecule has 0 spiro atoms. The molecule has 0 saturated carbocycles. The molecule has 96 valence electrons. The normalized spacial score (nSPS) is 9.53. The number of nitrogens with zero attached hydrogens (tertiary/aromatic N) is 2. The SMILES string of the molecule is COCCN(C)C(=O)Cc1ccc(N)cn1.Cl. The van der Waals surface area contributed by atoms with Gasteiger partial charge < -0.3 is 15.4 Å². The van der Waals surface area contributed by atoms with Gasteiger partial charge in [0.25, 0.3) is 0 Å². The monoisotopic (exact) mass is 259 g/mol. The summed E-state index contributed by atoms with van der Waals surface area (Å²) in [5.41, 5.74) is 6.83. The molecule has 0 aliphatic carbocycles. The number of amides is 1. The molecule has 0 fully saturated rings. The molecule has 0 atom stereocenters. The first-order valence-electron chi connectivity index (χ1n) is 5.07. The van der Waals surface area contributed by atoms with Crippen LogP contribution in [0.5, 0.6) is 0 Å². The molecule has 0 radical (unpaired) electrons. The summed E-state index contributed by atoms with van der Waals surface area (Å²) in [6, 6.07) is 3.50. The third-order valence-electron chi connectivity index (χ3n) is 2.24. The Morgan fingerprint density at radius 2 is 2.24 bits per heavy atom. The fourth-order valence-corrected chi connectivity index (χ4v) is 1.18. The van der Waals surface area contributed by atoms with Gasteiger partial charge in [0.05, 0.1) is 24.9 Å². The van der Waals surface area contributed by atoms with E-state index in [1.54, 1.807) is 37.4 Å². The maximum absolute atomic E-state index is 11.7. The lowest BCUT2D eigenvalue weighted by Crippen LogP contribution is -2.31. The summed E-state index contributed by atoms with van der Waals surface area (Å²) in [7, 11) is 3.36. The Labute approximate surface area is 107 Å². The van der Waals surface area contributed by atoms with Crippen LogP contribution >= 0.6 is 12.4 Å². The quantitative estimate of drug-likeness (QED) is 0.847. The van der Waals surface area contributed by atoms with E-state index < -0.39 is 0 Å². The highest BCUT2D eigenvalue weighted by molar-refractivity contribution is 5.85. The highest BCUT2D eigenvalue weighted by Gasteiger charge is 2.09. The molecule has 6 heteroatoms. The Hall–Kier alpha value is -1.33. The molecule has 0 aliphatic rings. The van der Waals surface area contributed by atoms with Crippen molar-refractivity contribution < 1.29 is 9.53 Å². The Balaban J connectivity index is 0.00000256. The van der Waals surface area contributed by atoms with Crippen LogP contribution < -0.4 is 5.73 Å². The Kier molecular flexibility index (Phi) is 7.25. The largest absolute Gasteiger partial charge is 0.397 e. The summed E-state index contributed by atoms with van der Waals surface area (Å²) in [6.07, 6.45) is 1.85. The zero-order valence-electron chi connectivity index (χ0n) is 10.0. The van der Waals surface area contributed by atoms with Crippen molar-refractivity contribution in [2.45, 2.75) is 6.42 Å². The van der Waals surface area contributed by atoms with Gasteiger partial charge in [0.2, 0.25) is 5.91 Å². The summed E-state index contributed by atoms with van der Waals surface area (Å²) in [5.74, 6) is 0.0225. The third kappa shape index (κ3) is 5.51. The number of likely N-dealkylation sites (N-methyl/N-ethyl adjacent to an activating group) is 1. The van der Waals surface area contributed by atoms with Crippen LogP contribution in [0.15, 0.2) is 18.3 Å². The predicted molar refractivity (Wildman–Crippen MR) is 69.1 cm³/mol. The molecule has 5 nitrogen and oxygen atoms in total. The Bertz CT molecular complexity index is 343. The molecule has 1 aromatic heterocycles. The van der Waals surface area contributed by atoms with Crippen LogP contribution in [-0.4, -0.2) is 43.1 Å². The molecule has 2 N–H and O–H groups in total. The first kappa shape index (κ1) is 15.7. The Morgan fingerprint density at radius 3 is 2.76 bits per heavy atom. The van der Waals surface area contributed by atoms with Crippen LogP contribution in [0.3, 0.4) is 0 Å². The highest BCUT2D eigenvalue weighted by Crippen LogP contribution is 2.03. The minimum atomic E-state index is 0. The maximum Gasteiger partial charge on any atom is 0.228 e. The number of hydrogen-bond donors (Lipinski definition) is 1. The summed E-state index contributed by atoms with van der Waals surface area (Å²) in [6.45, 7) is 1.13. The molecule has 0 unspecified atom stereocenters. The van der Waals surface area contributed by atoms with E-state index in [0.717, 1.165) is 5.69 Å². The van der Waals surface area contributed by atoms with Gasteiger partial charge in [-0.15, -0.1) is 12.4 Å². The summed E-state index contributed by atoms with van der Waals surface area (Å²) in [5, 5.41) is 0. The average Bonchev–Trinajstić information content (AvgIpc) is 2.29. The second-order valence-corrected chi connectivity index (χ2v) is 3.57. The third-order valence-corrected chi connectivity index (χ3v) is 2.24. The number of ether oxygens (including phenoxy) is 1. The average molecular weight is 260 g/mol. The van der Waals surface area contributed by atoms with Crippen molar-refractivity contribution in [3.05, 3.63) is 24.0 Å². The number of anilines is 1. The van der Waals surface area contributed by atoms with Crippen molar-refractivity contribution >= 4 is 24.0 Å². The van der Waals surface area contributed by atoms with Gasteiger partial charge in [-0.1, -0.05) is 0 Å². The van der Waals surface area contributed by atoms with Crippen LogP contribution in [-0.2, 0) is 16.0 Å². The lowest BCUT2D eigenvalue weighted by atomic mass is 10.2. The molecule has 1 amide bonds. The first-order valence-corrected chi connectivity index (χ1v) is 5.07. The summed E-state index contributed by atoms with van der Waals surface area (Å²) in [4.78, 5) is 17.4. The van der Waals surface area contributed by atoms with Crippen LogP contribution in [0, 0.1) is 0 Å². The number of nitrogens with two attached hydrogens (primary N) is 1. The summed E-state index contributed by atoms with van der Waals surface area (Å²) < 4.78 is 4.90. The molecule has 1 heterocycles. The number of aromatic nitrogens is 1. The van der Waals surface area contributed by atoms with Crippen LogP contribution in [0.4, 0.5) is 5.69 Å². The Morgan fingerprint density at radius 1 is 1.53 bits per heavy atom. The molecule has 0 aliphatic heterocycles. The lowest BCUT2D eigenvalue weighted by Gasteiger charge is -2.16. The number of rotatable bonds is 5. The lowest BCUT2D eigenvalue weighted by molar-refractivity contribution is -0.129. The van der Waals surface area contributed by atoms with Crippen molar-refractivity contribution in [2.24, 2.45) is 0 Å². The van der Waals surface area contributed by atoms with Gasteiger partial charge >= 0.3 is 0 Å². The van der Waals surface area contributed by atoms with E-state index in [-0.39, 0.29) is 18.3 Å². The van der Waals surface area contributed by atoms with E-state index in [1.165, 1.54) is 0 Å². The number of halogens is 1. The van der Waals surface area contributed by atoms with Gasteiger partial charge in [-0.25, -0.2) is 0 Å². The van der Waals surface area contributed by atoms with Gasteiger partial charge in [0.15, 0.2) is 0 Å². The number of methoxy groups -OCH3 is 1. The topological polar surface area (TPSA) is 68.5 Å². The fraction of sp³-hybridized carbons (Fsp3) is 0.455. The van der Waals surface area contributed by atoms with Gasteiger partial charge in [0, 0.05) is 26.4 Å². The van der Waals surface area contributed by atoms with E-state index >= 15 is 0 Å². The molecular weight excluding hydrogens is 242 g/mol. The molecular formula is C11H18ClN3O2. The minimum Gasteiger partial charge on any atom is -0.397 e. The van der Waals surface area contributed by atoms with E-state index in [9.17, 15) is 4.79 Å². The number of carbonyl (C=O) groups excluding carboxylic acids is 1. The zero-order valence-corrected chi connectivity index (χ0v) is 10.9. The van der Waals surface area contributed by atoms with Crippen LogP contribution in [0.2, 0.25) is 0 Å². The molecule has 0 saturated heterocycles. The van der Waals surface area contributed by atoms with Gasteiger partial charge in [0.1, 0.15) is 0 Å². The first-order chi connectivity index (χ1) is 7.63. The van der Waals surface area contributed by atoms with Crippen molar-refractivity contribution in [3.8, 4) is 0 Å². The standard InChI is InChI=1S/C11H17N3O2.ClH/c1-14(5-6-16-2)11(15)7-10-4-3-9(12)8-13-10;/h3-4,8H,5-7,12H2,1-2H3;1H. The van der Waals surface area contributed by atoms with E-state index in [2.05, 4.69) is 4.98 Å². The smallest absolute Gasteiger partial charge is 0.228 e. The predicted octanol–water partition coefficient (Wildman–Crippen LogP) is 0.733. The number of hydrogen-bond acceptors (Lipinski definition) is 4. The van der Waals surface area contributed by atoms with E-state index in [0.29, 0.717) is 25.3 Å². The van der Waals surface area contributed by atoms with Crippen molar-refractivity contribution in [1.29, 1.82) is 0 Å². The van der Waals surface area contributed by atoms with Gasteiger partial charge in [-0.05, 0) is 12.1 Å². The molecule has 1 rings (SSSR count). The maximum atomic E-state index is 11.7. The second kappa shape index (κ2) is 7.86. The summed E-state index contributed by atoms with van der Waals surface area (Å²) >= 11 is 0. The fourth-order valence-electron chi connectivity index (χ4n) is 1.18. The zero-order chi connectivity index (χ0) is 12.0.